The van der Waals surface area contributed by atoms with Crippen LogP contribution in [-0.4, -0.2) is 49.8 Å². The number of ether oxygens (including phenoxy) is 1. The summed E-state index contributed by atoms with van der Waals surface area (Å²) in [5, 5.41) is 12.4. The van der Waals surface area contributed by atoms with Gasteiger partial charge in [-0.15, -0.1) is 0 Å². The molecular formula is C30H34N2O3. The number of methoxy groups -OCH3 is 1. The molecule has 0 bridgehead atoms. The molecule has 1 saturated heterocycles. The Bertz CT molecular complexity index is 1230. The summed E-state index contributed by atoms with van der Waals surface area (Å²) in [6, 6.07) is 26.9. The van der Waals surface area contributed by atoms with Crippen LogP contribution in [0, 0.1) is 0 Å². The first-order valence-electron chi connectivity index (χ1n) is 12.6. The largest absolute Gasteiger partial charge is 0.495 e. The highest BCUT2D eigenvalue weighted by atomic mass is 16.5. The molecule has 5 nitrogen and oxygen atoms in total. The molecule has 182 valence electrons. The van der Waals surface area contributed by atoms with Gasteiger partial charge in [0.15, 0.2) is 0 Å². The average Bonchev–Trinajstić information content (AvgIpc) is 3.28. The van der Waals surface area contributed by atoms with Crippen molar-refractivity contribution in [2.45, 2.75) is 25.4 Å². The van der Waals surface area contributed by atoms with Crippen LogP contribution >= 0.6 is 0 Å². The first-order chi connectivity index (χ1) is 17.2. The van der Waals surface area contributed by atoms with Crippen molar-refractivity contribution in [2.75, 3.05) is 44.7 Å². The molecule has 1 aliphatic rings. The van der Waals surface area contributed by atoms with E-state index >= 15 is 0 Å². The molecule has 1 fully saturated rings. The van der Waals surface area contributed by atoms with E-state index in [0.29, 0.717) is 6.54 Å². The molecule has 1 atom stereocenters. The van der Waals surface area contributed by atoms with Gasteiger partial charge in [-0.3, -0.25) is 4.90 Å². The number of nitrogens with zero attached hydrogens (tertiary/aromatic N) is 2. The van der Waals surface area contributed by atoms with Gasteiger partial charge in [-0.2, -0.15) is 0 Å². The standard InChI is InChI=1S/C30H34N2O3/c1-34-29-17-8-6-15-26(29)32-20-18-31(19-21-32)22-27(33)30-25(24-13-5-7-16-28(24)35-30)14-9-12-23-10-3-2-4-11-23/h2-8,10-11,13,15-17,27,33H,9,12,14,18-22H2,1H3. The number of furan rings is 1. The van der Waals surface area contributed by atoms with Crippen LogP contribution in [0.2, 0.25) is 0 Å². The Morgan fingerprint density at radius 2 is 1.57 bits per heavy atom. The molecule has 1 aliphatic heterocycles. The number of aliphatic hydroxyl groups is 1. The van der Waals surface area contributed by atoms with Crippen molar-refractivity contribution in [3.05, 3.63) is 95.7 Å². The van der Waals surface area contributed by atoms with Gasteiger partial charge >= 0.3 is 0 Å². The van der Waals surface area contributed by atoms with Crippen LogP contribution in [0.5, 0.6) is 5.75 Å². The lowest BCUT2D eigenvalue weighted by molar-refractivity contribution is 0.0920. The van der Waals surface area contributed by atoms with Crippen molar-refractivity contribution in [1.82, 2.24) is 4.90 Å². The highest BCUT2D eigenvalue weighted by Crippen LogP contribution is 2.33. The number of aryl methyl sites for hydroxylation is 2. The van der Waals surface area contributed by atoms with Crippen molar-refractivity contribution in [3.8, 4) is 5.75 Å². The van der Waals surface area contributed by atoms with Crippen LogP contribution < -0.4 is 9.64 Å². The lowest BCUT2D eigenvalue weighted by Gasteiger charge is -2.37. The lowest BCUT2D eigenvalue weighted by atomic mass is 9.99. The van der Waals surface area contributed by atoms with Crippen molar-refractivity contribution in [1.29, 1.82) is 0 Å². The minimum atomic E-state index is -0.646. The van der Waals surface area contributed by atoms with E-state index < -0.39 is 6.10 Å². The number of β-amino-alcohol motifs (C(OH)–C–C–N with tert-alkyl or cyclic N) is 1. The molecule has 0 aliphatic carbocycles. The normalized spacial score (nSPS) is 15.4. The Morgan fingerprint density at radius 1 is 0.857 bits per heavy atom. The van der Waals surface area contributed by atoms with Crippen molar-refractivity contribution in [3.63, 3.8) is 0 Å². The van der Waals surface area contributed by atoms with E-state index in [2.05, 4.69) is 58.3 Å². The Morgan fingerprint density at radius 3 is 2.37 bits per heavy atom. The minimum absolute atomic E-state index is 0.575. The van der Waals surface area contributed by atoms with Crippen molar-refractivity contribution < 1.29 is 14.3 Å². The first kappa shape index (κ1) is 23.5. The van der Waals surface area contributed by atoms with E-state index in [1.54, 1.807) is 7.11 Å². The zero-order valence-electron chi connectivity index (χ0n) is 20.4. The second-order valence-electron chi connectivity index (χ2n) is 9.26. The zero-order chi connectivity index (χ0) is 24.0. The van der Waals surface area contributed by atoms with Crippen LogP contribution in [-0.2, 0) is 12.8 Å². The van der Waals surface area contributed by atoms with Crippen molar-refractivity contribution in [2.24, 2.45) is 0 Å². The van der Waals surface area contributed by atoms with Gasteiger partial charge in [0.1, 0.15) is 23.2 Å². The number of aliphatic hydroxyl groups excluding tert-OH is 1. The third kappa shape index (κ3) is 5.37. The molecule has 1 unspecified atom stereocenters. The Labute approximate surface area is 207 Å². The van der Waals surface area contributed by atoms with E-state index in [9.17, 15) is 5.11 Å². The van der Waals surface area contributed by atoms with Crippen LogP contribution in [0.3, 0.4) is 0 Å². The van der Waals surface area contributed by atoms with Gasteiger partial charge in [-0.05, 0) is 43.0 Å². The maximum atomic E-state index is 11.3. The van der Waals surface area contributed by atoms with E-state index in [4.69, 9.17) is 9.15 Å². The van der Waals surface area contributed by atoms with Gasteiger partial charge in [-0.25, -0.2) is 0 Å². The average molecular weight is 471 g/mol. The quantitative estimate of drug-likeness (QED) is 0.351. The number of piperazine rings is 1. The van der Waals surface area contributed by atoms with Gasteiger partial charge in [0, 0.05) is 43.7 Å². The summed E-state index contributed by atoms with van der Waals surface area (Å²) >= 11 is 0. The molecule has 1 aromatic heterocycles. The van der Waals surface area contributed by atoms with E-state index in [0.717, 1.165) is 79.2 Å². The number of fused-ring (bicyclic) bond motifs is 1. The Balaban J connectivity index is 1.25. The molecule has 4 aromatic rings. The van der Waals surface area contributed by atoms with Crippen molar-refractivity contribution >= 4 is 16.7 Å². The maximum Gasteiger partial charge on any atom is 0.142 e. The number of para-hydroxylation sites is 3. The minimum Gasteiger partial charge on any atom is -0.495 e. The fourth-order valence-electron chi connectivity index (χ4n) is 5.15. The molecule has 35 heavy (non-hydrogen) atoms. The summed E-state index contributed by atoms with van der Waals surface area (Å²) in [6.07, 6.45) is 2.28. The molecule has 5 heteroatoms. The molecule has 3 aromatic carbocycles. The summed E-state index contributed by atoms with van der Waals surface area (Å²) < 4.78 is 11.8. The molecule has 0 amide bonds. The highest BCUT2D eigenvalue weighted by Gasteiger charge is 2.25. The predicted molar refractivity (Wildman–Crippen MR) is 141 cm³/mol. The molecule has 1 N–H and O–H groups in total. The van der Waals surface area contributed by atoms with Gasteiger partial charge in [0.2, 0.25) is 0 Å². The van der Waals surface area contributed by atoms with Gasteiger partial charge < -0.3 is 19.2 Å². The fraction of sp³-hybridized carbons (Fsp3) is 0.333. The van der Waals surface area contributed by atoms with E-state index in [1.165, 1.54) is 5.56 Å². The molecule has 0 radical (unpaired) electrons. The summed E-state index contributed by atoms with van der Waals surface area (Å²) in [4.78, 5) is 4.69. The highest BCUT2D eigenvalue weighted by molar-refractivity contribution is 5.82. The van der Waals surface area contributed by atoms with E-state index in [-0.39, 0.29) is 0 Å². The van der Waals surface area contributed by atoms with Gasteiger partial charge in [0.05, 0.1) is 12.8 Å². The smallest absolute Gasteiger partial charge is 0.142 e. The predicted octanol–water partition coefficient (Wildman–Crippen LogP) is 5.47. The van der Waals surface area contributed by atoms with Gasteiger partial charge in [0.25, 0.3) is 0 Å². The molecule has 0 spiro atoms. The Kier molecular flexibility index (Phi) is 7.36. The third-order valence-corrected chi connectivity index (χ3v) is 7.00. The van der Waals surface area contributed by atoms with Crippen LogP contribution in [0.15, 0.2) is 83.3 Å². The number of hydrogen-bond acceptors (Lipinski definition) is 5. The molecule has 5 rings (SSSR count). The maximum absolute atomic E-state index is 11.3. The summed E-state index contributed by atoms with van der Waals surface area (Å²) in [5.74, 6) is 1.63. The summed E-state index contributed by atoms with van der Waals surface area (Å²) in [7, 11) is 1.72. The molecular weight excluding hydrogens is 436 g/mol. The monoisotopic (exact) mass is 470 g/mol. The van der Waals surface area contributed by atoms with Gasteiger partial charge in [-0.1, -0.05) is 60.7 Å². The summed E-state index contributed by atoms with van der Waals surface area (Å²) in [6.45, 7) is 4.15. The molecule has 0 saturated carbocycles. The fourth-order valence-corrected chi connectivity index (χ4v) is 5.15. The number of anilines is 1. The number of benzene rings is 3. The third-order valence-electron chi connectivity index (χ3n) is 7.00. The topological polar surface area (TPSA) is 49.1 Å². The number of hydrogen-bond donors (Lipinski definition) is 1. The number of rotatable bonds is 9. The van der Waals surface area contributed by atoms with Crippen LogP contribution in [0.25, 0.3) is 11.0 Å². The second-order valence-corrected chi connectivity index (χ2v) is 9.26. The second kappa shape index (κ2) is 11.0. The first-order valence-corrected chi connectivity index (χ1v) is 12.6. The van der Waals surface area contributed by atoms with E-state index in [1.807, 2.05) is 30.3 Å². The SMILES string of the molecule is COc1ccccc1N1CCN(CC(O)c2oc3ccccc3c2CCCc2ccccc2)CC1. The van der Waals surface area contributed by atoms with Crippen LogP contribution in [0.4, 0.5) is 5.69 Å². The van der Waals surface area contributed by atoms with Crippen LogP contribution in [0.1, 0.15) is 29.4 Å². The molecule has 2 heterocycles. The summed E-state index contributed by atoms with van der Waals surface area (Å²) in [5.41, 5.74) is 4.48. The Hall–Kier alpha value is -3.28. The lowest BCUT2D eigenvalue weighted by Crippen LogP contribution is -2.47. The zero-order valence-corrected chi connectivity index (χ0v) is 20.4.